The van der Waals surface area contributed by atoms with Crippen molar-refractivity contribution in [1.29, 1.82) is 0 Å². The molecule has 1 aromatic heterocycles. The highest BCUT2D eigenvalue weighted by atomic mass is 32.1. The zero-order valence-corrected chi connectivity index (χ0v) is 16.3. The predicted octanol–water partition coefficient (Wildman–Crippen LogP) is 2.45. The van der Waals surface area contributed by atoms with E-state index >= 15 is 0 Å². The zero-order chi connectivity index (χ0) is 18.8. The molecule has 0 radical (unpaired) electrons. The zero-order valence-electron chi connectivity index (χ0n) is 15.5. The van der Waals surface area contributed by atoms with Crippen LogP contribution < -0.4 is 10.6 Å². The number of carbonyl (C=O) groups excluding carboxylic acids is 2. The van der Waals surface area contributed by atoms with Crippen molar-refractivity contribution in [2.24, 2.45) is 0 Å². The Morgan fingerprint density at radius 1 is 1.22 bits per heavy atom. The highest BCUT2D eigenvalue weighted by Crippen LogP contribution is 2.29. The molecular weight excluding hydrogens is 360 g/mol. The summed E-state index contributed by atoms with van der Waals surface area (Å²) in [5.74, 6) is -1.10. The summed E-state index contributed by atoms with van der Waals surface area (Å²) in [4.78, 5) is 30.7. The number of rotatable bonds is 3. The van der Waals surface area contributed by atoms with Gasteiger partial charge in [-0.05, 0) is 56.3 Å². The molecule has 6 nitrogen and oxygen atoms in total. The Labute approximate surface area is 163 Å². The van der Waals surface area contributed by atoms with E-state index in [0.717, 1.165) is 30.5 Å². The standard InChI is InChI=1S/C20H24N4O2S/c1-21-16-8-9-24(11-16)19(26)18(25)23-20-22-17(12-27-20)15-7-6-13-4-2-3-5-14(13)10-15/h6-7,10,12,16,21H,2-5,8-9,11H2,1H3,(H,22,23,25). The number of thiazole rings is 1. The van der Waals surface area contributed by atoms with E-state index in [1.807, 2.05) is 12.4 Å². The van der Waals surface area contributed by atoms with Crippen LogP contribution in [0.3, 0.4) is 0 Å². The fourth-order valence-corrected chi connectivity index (χ4v) is 4.55. The lowest BCUT2D eigenvalue weighted by Crippen LogP contribution is -2.40. The van der Waals surface area contributed by atoms with Crippen molar-refractivity contribution in [1.82, 2.24) is 15.2 Å². The number of benzene rings is 1. The van der Waals surface area contributed by atoms with Crippen LogP contribution in [0.15, 0.2) is 23.6 Å². The molecule has 1 aliphatic heterocycles. The summed E-state index contributed by atoms with van der Waals surface area (Å²) in [5, 5.41) is 8.20. The molecule has 1 atom stereocenters. The molecule has 2 N–H and O–H groups in total. The van der Waals surface area contributed by atoms with Crippen molar-refractivity contribution in [3.8, 4) is 11.3 Å². The molecular formula is C20H24N4O2S. The van der Waals surface area contributed by atoms with Crippen molar-refractivity contribution < 1.29 is 9.59 Å². The highest BCUT2D eigenvalue weighted by Gasteiger charge is 2.29. The highest BCUT2D eigenvalue weighted by molar-refractivity contribution is 7.14. The molecule has 1 aromatic carbocycles. The average molecular weight is 385 g/mol. The van der Waals surface area contributed by atoms with E-state index in [2.05, 4.69) is 33.8 Å². The molecule has 2 heterocycles. The number of hydrogen-bond acceptors (Lipinski definition) is 5. The van der Waals surface area contributed by atoms with Crippen molar-refractivity contribution in [2.75, 3.05) is 25.5 Å². The SMILES string of the molecule is CNC1CCN(C(=O)C(=O)Nc2nc(-c3ccc4c(c3)CCCC4)cs2)C1. The van der Waals surface area contributed by atoms with Gasteiger partial charge in [-0.2, -0.15) is 0 Å². The van der Waals surface area contributed by atoms with Crippen LogP contribution in [0, 0.1) is 0 Å². The summed E-state index contributed by atoms with van der Waals surface area (Å²) < 4.78 is 0. The number of nitrogens with zero attached hydrogens (tertiary/aromatic N) is 2. The van der Waals surface area contributed by atoms with Gasteiger partial charge in [-0.15, -0.1) is 11.3 Å². The van der Waals surface area contributed by atoms with Crippen LogP contribution in [-0.2, 0) is 22.4 Å². The van der Waals surface area contributed by atoms with Gasteiger partial charge in [0.1, 0.15) is 0 Å². The van der Waals surface area contributed by atoms with Gasteiger partial charge in [-0.3, -0.25) is 14.9 Å². The molecule has 1 unspecified atom stereocenters. The van der Waals surface area contributed by atoms with E-state index in [9.17, 15) is 9.59 Å². The van der Waals surface area contributed by atoms with E-state index in [4.69, 9.17) is 0 Å². The van der Waals surface area contributed by atoms with Crippen LogP contribution in [-0.4, -0.2) is 47.9 Å². The van der Waals surface area contributed by atoms with Gasteiger partial charge in [-0.25, -0.2) is 4.98 Å². The lowest BCUT2D eigenvalue weighted by molar-refractivity contribution is -0.142. The van der Waals surface area contributed by atoms with Crippen molar-refractivity contribution >= 4 is 28.3 Å². The number of anilines is 1. The second kappa shape index (κ2) is 7.78. The predicted molar refractivity (Wildman–Crippen MR) is 107 cm³/mol. The molecule has 2 aliphatic rings. The lowest BCUT2D eigenvalue weighted by Gasteiger charge is -2.16. The van der Waals surface area contributed by atoms with Crippen LogP contribution in [0.4, 0.5) is 5.13 Å². The normalized spacial score (nSPS) is 19.0. The minimum Gasteiger partial charge on any atom is -0.333 e. The molecule has 0 saturated carbocycles. The number of aryl methyl sites for hydroxylation is 2. The van der Waals surface area contributed by atoms with E-state index in [0.29, 0.717) is 18.2 Å². The van der Waals surface area contributed by atoms with Gasteiger partial charge in [0, 0.05) is 30.1 Å². The molecule has 1 aliphatic carbocycles. The Kier molecular flexibility index (Phi) is 5.22. The first-order chi connectivity index (χ1) is 13.1. The van der Waals surface area contributed by atoms with Crippen LogP contribution >= 0.6 is 11.3 Å². The van der Waals surface area contributed by atoms with Crippen molar-refractivity contribution in [3.05, 3.63) is 34.7 Å². The van der Waals surface area contributed by atoms with Gasteiger partial charge >= 0.3 is 11.8 Å². The molecule has 27 heavy (non-hydrogen) atoms. The number of aromatic nitrogens is 1. The minimum atomic E-state index is -0.613. The largest absolute Gasteiger partial charge is 0.333 e. The molecule has 2 aromatic rings. The number of hydrogen-bond donors (Lipinski definition) is 2. The van der Waals surface area contributed by atoms with Crippen molar-refractivity contribution in [3.63, 3.8) is 0 Å². The summed E-state index contributed by atoms with van der Waals surface area (Å²) in [7, 11) is 1.87. The van der Waals surface area contributed by atoms with E-state index in [1.54, 1.807) is 4.90 Å². The smallest absolute Gasteiger partial charge is 0.315 e. The quantitative estimate of drug-likeness (QED) is 0.797. The number of nitrogens with one attached hydrogen (secondary N) is 2. The van der Waals surface area contributed by atoms with E-state index in [-0.39, 0.29) is 6.04 Å². The van der Waals surface area contributed by atoms with Gasteiger partial charge in [0.05, 0.1) is 5.69 Å². The van der Waals surface area contributed by atoms with Crippen LogP contribution in [0.2, 0.25) is 0 Å². The Morgan fingerprint density at radius 2 is 2.04 bits per heavy atom. The van der Waals surface area contributed by atoms with Crippen LogP contribution in [0.1, 0.15) is 30.4 Å². The second-order valence-corrected chi connectivity index (χ2v) is 8.07. The Bertz CT molecular complexity index is 863. The summed E-state index contributed by atoms with van der Waals surface area (Å²) in [5.41, 5.74) is 4.74. The Balaban J connectivity index is 1.42. The number of amides is 2. The van der Waals surface area contributed by atoms with E-state index in [1.165, 1.54) is 35.3 Å². The summed E-state index contributed by atoms with van der Waals surface area (Å²) in [6.45, 7) is 1.18. The minimum absolute atomic E-state index is 0.261. The van der Waals surface area contributed by atoms with Gasteiger partial charge in [0.2, 0.25) is 0 Å². The average Bonchev–Trinajstić information content (AvgIpc) is 3.36. The maximum absolute atomic E-state index is 12.3. The number of fused-ring (bicyclic) bond motifs is 1. The Hall–Kier alpha value is -2.25. The van der Waals surface area contributed by atoms with Crippen LogP contribution in [0.25, 0.3) is 11.3 Å². The first-order valence-electron chi connectivity index (χ1n) is 9.49. The number of likely N-dealkylation sites (N-methyl/N-ethyl adjacent to an activating group) is 1. The molecule has 0 bridgehead atoms. The lowest BCUT2D eigenvalue weighted by atomic mass is 9.90. The van der Waals surface area contributed by atoms with E-state index < -0.39 is 11.8 Å². The van der Waals surface area contributed by atoms with Crippen LogP contribution in [0.5, 0.6) is 0 Å². The number of likely N-dealkylation sites (tertiary alicyclic amines) is 1. The molecule has 1 fully saturated rings. The van der Waals surface area contributed by atoms with Crippen molar-refractivity contribution in [2.45, 2.75) is 38.1 Å². The Morgan fingerprint density at radius 3 is 2.81 bits per heavy atom. The van der Waals surface area contributed by atoms with Gasteiger partial charge in [-0.1, -0.05) is 12.1 Å². The third-order valence-electron chi connectivity index (χ3n) is 5.45. The molecule has 4 rings (SSSR count). The summed E-state index contributed by atoms with van der Waals surface area (Å²) >= 11 is 1.35. The third kappa shape index (κ3) is 3.89. The molecule has 7 heteroatoms. The number of carbonyl (C=O) groups is 2. The van der Waals surface area contributed by atoms with Gasteiger partial charge in [0.25, 0.3) is 0 Å². The maximum Gasteiger partial charge on any atom is 0.315 e. The summed E-state index contributed by atoms with van der Waals surface area (Å²) in [6.07, 6.45) is 5.65. The fourth-order valence-electron chi connectivity index (χ4n) is 3.83. The fraction of sp³-hybridized carbons (Fsp3) is 0.450. The second-order valence-electron chi connectivity index (χ2n) is 7.21. The molecule has 2 amide bonds. The molecule has 1 saturated heterocycles. The van der Waals surface area contributed by atoms with Gasteiger partial charge in [0.15, 0.2) is 5.13 Å². The molecule has 142 valence electrons. The monoisotopic (exact) mass is 384 g/mol. The first kappa shape index (κ1) is 18.1. The topological polar surface area (TPSA) is 74.3 Å². The third-order valence-corrected chi connectivity index (χ3v) is 6.20. The molecule has 0 spiro atoms. The van der Waals surface area contributed by atoms with Gasteiger partial charge < -0.3 is 10.2 Å². The summed E-state index contributed by atoms with van der Waals surface area (Å²) in [6, 6.07) is 6.76. The maximum atomic E-state index is 12.3. The first-order valence-corrected chi connectivity index (χ1v) is 10.4.